The van der Waals surface area contributed by atoms with Gasteiger partial charge in [-0.2, -0.15) is 0 Å². The Morgan fingerprint density at radius 2 is 1.85 bits per heavy atom. The normalized spacial score (nSPS) is 14.2. The first-order valence-electron chi connectivity index (χ1n) is 8.39. The van der Waals surface area contributed by atoms with Gasteiger partial charge >= 0.3 is 0 Å². The maximum absolute atomic E-state index is 12.6. The summed E-state index contributed by atoms with van der Waals surface area (Å²) in [6.07, 6.45) is 1.82. The van der Waals surface area contributed by atoms with Crippen LogP contribution in [-0.2, 0) is 11.2 Å². The monoisotopic (exact) mass is 373 g/mol. The molecule has 2 aromatic rings. The van der Waals surface area contributed by atoms with E-state index in [1.807, 2.05) is 0 Å². The van der Waals surface area contributed by atoms with E-state index < -0.39 is 0 Å². The Labute approximate surface area is 157 Å². The number of rotatable bonds is 4. The lowest BCUT2D eigenvalue weighted by atomic mass is 10.1. The molecule has 0 N–H and O–H groups in total. The van der Waals surface area contributed by atoms with E-state index in [1.54, 1.807) is 59.5 Å². The van der Waals surface area contributed by atoms with Gasteiger partial charge in [0.25, 0.3) is 5.91 Å². The van der Waals surface area contributed by atoms with Crippen molar-refractivity contribution < 1.29 is 14.3 Å². The van der Waals surface area contributed by atoms with Crippen molar-refractivity contribution in [1.29, 1.82) is 0 Å². The number of methoxy groups -OCH3 is 1. The predicted molar refractivity (Wildman–Crippen MR) is 98.4 cm³/mol. The van der Waals surface area contributed by atoms with Gasteiger partial charge in [-0.15, -0.1) is 0 Å². The lowest BCUT2D eigenvalue weighted by Crippen LogP contribution is -2.51. The minimum atomic E-state index is -0.103. The molecule has 0 spiro atoms. The van der Waals surface area contributed by atoms with Gasteiger partial charge in [0, 0.05) is 43.0 Å². The number of carbonyl (C=O) groups excluding carboxylic acids is 2. The molecule has 0 saturated carbocycles. The maximum Gasteiger partial charge on any atom is 0.272 e. The van der Waals surface area contributed by atoms with Gasteiger partial charge in [-0.1, -0.05) is 17.7 Å². The van der Waals surface area contributed by atoms with Gasteiger partial charge in [0.2, 0.25) is 5.91 Å². The van der Waals surface area contributed by atoms with Crippen molar-refractivity contribution in [2.45, 2.75) is 6.42 Å². The highest BCUT2D eigenvalue weighted by Crippen LogP contribution is 2.23. The first-order valence-corrected chi connectivity index (χ1v) is 8.77. The van der Waals surface area contributed by atoms with Crippen LogP contribution in [0.1, 0.15) is 16.1 Å². The van der Waals surface area contributed by atoms with E-state index in [-0.39, 0.29) is 18.2 Å². The van der Waals surface area contributed by atoms with Crippen LogP contribution >= 0.6 is 11.6 Å². The third-order valence-corrected chi connectivity index (χ3v) is 4.62. The van der Waals surface area contributed by atoms with Gasteiger partial charge < -0.3 is 14.5 Å². The molecule has 0 aliphatic carbocycles. The molecule has 1 aliphatic rings. The summed E-state index contributed by atoms with van der Waals surface area (Å²) in [5.74, 6) is 0.538. The Balaban J connectivity index is 1.59. The van der Waals surface area contributed by atoms with E-state index in [1.165, 1.54) is 0 Å². The Hall–Kier alpha value is -2.60. The first-order chi connectivity index (χ1) is 12.6. The van der Waals surface area contributed by atoms with Crippen LogP contribution in [-0.4, -0.2) is 59.9 Å². The lowest BCUT2D eigenvalue weighted by Gasteiger charge is -2.34. The average molecular weight is 374 g/mol. The molecule has 6 nitrogen and oxygen atoms in total. The number of carbonyl (C=O) groups is 2. The second kappa shape index (κ2) is 8.19. The molecule has 0 atom stereocenters. The van der Waals surface area contributed by atoms with Gasteiger partial charge in [0.15, 0.2) is 0 Å². The molecule has 7 heteroatoms. The van der Waals surface area contributed by atoms with Crippen molar-refractivity contribution in [3.63, 3.8) is 0 Å². The molecule has 0 radical (unpaired) electrons. The maximum atomic E-state index is 12.6. The second-order valence-electron chi connectivity index (χ2n) is 6.02. The number of piperazine rings is 1. The van der Waals surface area contributed by atoms with Gasteiger partial charge in [0.1, 0.15) is 11.4 Å². The highest BCUT2D eigenvalue weighted by atomic mass is 35.5. The molecule has 1 fully saturated rings. The molecule has 26 heavy (non-hydrogen) atoms. The minimum Gasteiger partial charge on any atom is -0.496 e. The van der Waals surface area contributed by atoms with Crippen molar-refractivity contribution in [3.05, 3.63) is 58.9 Å². The summed E-state index contributed by atoms with van der Waals surface area (Å²) in [7, 11) is 1.57. The van der Waals surface area contributed by atoms with E-state index in [9.17, 15) is 9.59 Å². The van der Waals surface area contributed by atoms with Crippen molar-refractivity contribution >= 4 is 23.4 Å². The standard InChI is InChI=1S/C19H20ClN3O3/c1-26-17-6-5-15(20)12-14(17)13-18(24)22-8-10-23(11-9-22)19(25)16-4-2-3-7-21-16/h2-7,12H,8-11,13H2,1H3. The summed E-state index contributed by atoms with van der Waals surface area (Å²) >= 11 is 6.02. The topological polar surface area (TPSA) is 62.7 Å². The van der Waals surface area contributed by atoms with Crippen LogP contribution in [0.2, 0.25) is 5.02 Å². The molecule has 1 aromatic carbocycles. The summed E-state index contributed by atoms with van der Waals surface area (Å²) in [4.78, 5) is 32.6. The third-order valence-electron chi connectivity index (χ3n) is 4.39. The van der Waals surface area contributed by atoms with Crippen LogP contribution in [0.5, 0.6) is 5.75 Å². The number of ether oxygens (including phenoxy) is 1. The number of aromatic nitrogens is 1. The Morgan fingerprint density at radius 1 is 1.12 bits per heavy atom. The highest BCUT2D eigenvalue weighted by Gasteiger charge is 2.25. The van der Waals surface area contributed by atoms with Gasteiger partial charge in [-0.3, -0.25) is 14.6 Å². The van der Waals surface area contributed by atoms with Gasteiger partial charge in [0.05, 0.1) is 13.5 Å². The smallest absolute Gasteiger partial charge is 0.272 e. The number of amides is 2. The molecule has 2 amide bonds. The van der Waals surface area contributed by atoms with Crippen LogP contribution in [0.15, 0.2) is 42.6 Å². The van der Waals surface area contributed by atoms with Crippen molar-refractivity contribution in [1.82, 2.24) is 14.8 Å². The predicted octanol–water partition coefficient (Wildman–Crippen LogP) is 2.27. The quantitative estimate of drug-likeness (QED) is 0.824. The van der Waals surface area contributed by atoms with E-state index in [0.29, 0.717) is 42.6 Å². The molecule has 0 unspecified atom stereocenters. The fraction of sp³-hybridized carbons (Fsp3) is 0.316. The molecular formula is C19H20ClN3O3. The summed E-state index contributed by atoms with van der Waals surface area (Å²) in [5, 5.41) is 0.569. The van der Waals surface area contributed by atoms with Gasteiger partial charge in [-0.05, 0) is 30.3 Å². The summed E-state index contributed by atoms with van der Waals surface area (Å²) in [5.41, 5.74) is 1.19. The zero-order chi connectivity index (χ0) is 18.5. The number of hydrogen-bond donors (Lipinski definition) is 0. The zero-order valence-electron chi connectivity index (χ0n) is 14.5. The minimum absolute atomic E-state index is 0.00417. The molecule has 3 rings (SSSR count). The molecule has 1 aromatic heterocycles. The lowest BCUT2D eigenvalue weighted by molar-refractivity contribution is -0.131. The first kappa shape index (κ1) is 18.2. The second-order valence-corrected chi connectivity index (χ2v) is 6.46. The number of nitrogens with zero attached hydrogens (tertiary/aromatic N) is 3. The summed E-state index contributed by atoms with van der Waals surface area (Å²) in [6, 6.07) is 10.5. The summed E-state index contributed by atoms with van der Waals surface area (Å²) in [6.45, 7) is 1.99. The zero-order valence-corrected chi connectivity index (χ0v) is 15.3. The third kappa shape index (κ3) is 4.14. The Morgan fingerprint density at radius 3 is 2.50 bits per heavy atom. The van der Waals surface area contributed by atoms with E-state index >= 15 is 0 Å². The SMILES string of the molecule is COc1ccc(Cl)cc1CC(=O)N1CCN(C(=O)c2ccccn2)CC1. The summed E-state index contributed by atoms with van der Waals surface area (Å²) < 4.78 is 5.30. The highest BCUT2D eigenvalue weighted by molar-refractivity contribution is 6.30. The van der Waals surface area contributed by atoms with Crippen LogP contribution < -0.4 is 4.74 Å². The Kier molecular flexibility index (Phi) is 5.73. The largest absolute Gasteiger partial charge is 0.496 e. The van der Waals surface area contributed by atoms with Gasteiger partial charge in [-0.25, -0.2) is 0 Å². The van der Waals surface area contributed by atoms with Crippen LogP contribution in [0, 0.1) is 0 Å². The van der Waals surface area contributed by atoms with E-state index in [0.717, 1.165) is 5.56 Å². The van der Waals surface area contributed by atoms with Crippen LogP contribution in [0.25, 0.3) is 0 Å². The molecule has 0 bridgehead atoms. The van der Waals surface area contributed by atoms with Crippen molar-refractivity contribution in [3.8, 4) is 5.75 Å². The number of benzene rings is 1. The number of hydrogen-bond acceptors (Lipinski definition) is 4. The van der Waals surface area contributed by atoms with Crippen LogP contribution in [0.3, 0.4) is 0 Å². The molecule has 1 aliphatic heterocycles. The fourth-order valence-corrected chi connectivity index (χ4v) is 3.16. The van der Waals surface area contributed by atoms with E-state index in [2.05, 4.69) is 4.98 Å². The number of pyridine rings is 1. The molecule has 1 saturated heterocycles. The average Bonchev–Trinajstić information content (AvgIpc) is 2.68. The molecular weight excluding hydrogens is 354 g/mol. The van der Waals surface area contributed by atoms with Crippen molar-refractivity contribution in [2.75, 3.05) is 33.3 Å². The van der Waals surface area contributed by atoms with Crippen LogP contribution in [0.4, 0.5) is 0 Å². The molecule has 136 valence electrons. The van der Waals surface area contributed by atoms with E-state index in [4.69, 9.17) is 16.3 Å². The van der Waals surface area contributed by atoms with Crippen molar-refractivity contribution in [2.24, 2.45) is 0 Å². The fourth-order valence-electron chi connectivity index (χ4n) is 2.97. The Bertz CT molecular complexity index is 790. The molecule has 2 heterocycles. The number of halogens is 1.